The van der Waals surface area contributed by atoms with Crippen molar-refractivity contribution in [1.82, 2.24) is 4.31 Å². The van der Waals surface area contributed by atoms with E-state index >= 15 is 0 Å². The van der Waals surface area contributed by atoms with Gasteiger partial charge in [-0.05, 0) is 69.5 Å². The molecule has 3 rings (SSSR count). The molecule has 0 spiro atoms. The van der Waals surface area contributed by atoms with Gasteiger partial charge >= 0.3 is 5.97 Å². The van der Waals surface area contributed by atoms with Crippen molar-refractivity contribution in [2.24, 2.45) is 0 Å². The summed E-state index contributed by atoms with van der Waals surface area (Å²) in [7, 11) is -3.45. The van der Waals surface area contributed by atoms with E-state index in [9.17, 15) is 23.3 Å². The van der Waals surface area contributed by atoms with Gasteiger partial charge in [-0.3, -0.25) is 4.79 Å². The Balaban J connectivity index is 1.82. The fraction of sp³-hybridized carbons (Fsp3) is 0.375. The van der Waals surface area contributed by atoms with Crippen molar-refractivity contribution in [3.63, 3.8) is 0 Å². The number of ether oxygens (including phenoxy) is 1. The second-order valence-electron chi connectivity index (χ2n) is 8.89. The van der Waals surface area contributed by atoms with Crippen LogP contribution in [0.5, 0.6) is 0 Å². The van der Waals surface area contributed by atoms with Crippen LogP contribution in [0.25, 0.3) is 0 Å². The SMILES string of the molecule is CC(C)(C)OC(=O)c1cc(C#N)ccc1NC(=O)c1cccc(CS(=O)(=O)N2CCCC2)c1. The van der Waals surface area contributed by atoms with Crippen LogP contribution in [0.4, 0.5) is 5.69 Å². The van der Waals surface area contributed by atoms with Crippen LogP contribution in [-0.2, 0) is 20.5 Å². The Morgan fingerprint density at radius 2 is 1.82 bits per heavy atom. The number of amides is 1. The van der Waals surface area contributed by atoms with Crippen LogP contribution < -0.4 is 5.32 Å². The molecular weight excluding hydrogens is 442 g/mol. The number of rotatable bonds is 6. The third-order valence-electron chi connectivity index (χ3n) is 5.01. The summed E-state index contributed by atoms with van der Waals surface area (Å²) >= 11 is 0. The Morgan fingerprint density at radius 3 is 2.45 bits per heavy atom. The number of anilines is 1. The van der Waals surface area contributed by atoms with E-state index in [1.807, 2.05) is 6.07 Å². The van der Waals surface area contributed by atoms with Gasteiger partial charge in [-0.1, -0.05) is 12.1 Å². The van der Waals surface area contributed by atoms with E-state index in [1.54, 1.807) is 39.0 Å². The lowest BCUT2D eigenvalue weighted by Gasteiger charge is -2.21. The maximum Gasteiger partial charge on any atom is 0.340 e. The number of hydrogen-bond donors (Lipinski definition) is 1. The van der Waals surface area contributed by atoms with Gasteiger partial charge in [-0.25, -0.2) is 17.5 Å². The maximum atomic E-state index is 12.9. The van der Waals surface area contributed by atoms with Gasteiger partial charge < -0.3 is 10.1 Å². The molecule has 1 N–H and O–H groups in total. The topological polar surface area (TPSA) is 117 Å². The Kier molecular flexibility index (Phi) is 7.20. The number of benzene rings is 2. The van der Waals surface area contributed by atoms with Gasteiger partial charge in [0.05, 0.1) is 28.6 Å². The first-order chi connectivity index (χ1) is 15.5. The zero-order valence-corrected chi connectivity index (χ0v) is 19.7. The molecule has 0 aromatic heterocycles. The largest absolute Gasteiger partial charge is 0.456 e. The van der Waals surface area contributed by atoms with Crippen molar-refractivity contribution < 1.29 is 22.7 Å². The molecule has 1 heterocycles. The molecule has 1 saturated heterocycles. The van der Waals surface area contributed by atoms with Crippen LogP contribution in [0.1, 0.15) is 65.5 Å². The summed E-state index contributed by atoms with van der Waals surface area (Å²) in [5, 5.41) is 11.9. The minimum Gasteiger partial charge on any atom is -0.456 e. The lowest BCUT2D eigenvalue weighted by Crippen LogP contribution is -2.29. The number of sulfonamides is 1. The summed E-state index contributed by atoms with van der Waals surface area (Å²) < 4.78 is 32.1. The average molecular weight is 470 g/mol. The number of esters is 1. The molecule has 1 amide bonds. The lowest BCUT2D eigenvalue weighted by molar-refractivity contribution is 0.00707. The fourth-order valence-electron chi connectivity index (χ4n) is 3.49. The number of nitrogens with one attached hydrogen (secondary N) is 1. The lowest BCUT2D eigenvalue weighted by atomic mass is 10.1. The predicted octanol–water partition coefficient (Wildman–Crippen LogP) is 3.69. The molecule has 1 aliphatic heterocycles. The van der Waals surface area contributed by atoms with Crippen molar-refractivity contribution in [3.8, 4) is 6.07 Å². The highest BCUT2D eigenvalue weighted by Gasteiger charge is 2.26. The standard InChI is InChI=1S/C24H27N3O5S/c1-24(2,3)32-23(29)20-14-17(15-25)9-10-21(20)26-22(28)19-8-6-7-18(13-19)16-33(30,31)27-11-4-5-12-27/h6-10,13-14H,4-5,11-12,16H2,1-3H3,(H,26,28). The molecule has 2 aromatic carbocycles. The van der Waals surface area contributed by atoms with Gasteiger partial charge in [0.25, 0.3) is 5.91 Å². The van der Waals surface area contributed by atoms with E-state index in [2.05, 4.69) is 5.32 Å². The summed E-state index contributed by atoms with van der Waals surface area (Å²) in [6.45, 7) is 6.21. The Bertz CT molecular complexity index is 1200. The molecule has 0 unspecified atom stereocenters. The normalized spacial score (nSPS) is 14.5. The summed E-state index contributed by atoms with van der Waals surface area (Å²) in [6, 6.07) is 12.7. The number of carbonyl (C=O) groups is 2. The molecular formula is C24H27N3O5S. The fourth-order valence-corrected chi connectivity index (χ4v) is 5.09. The van der Waals surface area contributed by atoms with Gasteiger partial charge in [0.15, 0.2) is 0 Å². The Morgan fingerprint density at radius 1 is 1.12 bits per heavy atom. The Labute approximate surface area is 194 Å². The third kappa shape index (κ3) is 6.40. The van der Waals surface area contributed by atoms with E-state index in [0.717, 1.165) is 12.8 Å². The van der Waals surface area contributed by atoms with E-state index in [-0.39, 0.29) is 28.1 Å². The monoisotopic (exact) mass is 469 g/mol. The number of nitriles is 1. The van der Waals surface area contributed by atoms with Crippen LogP contribution in [0.2, 0.25) is 0 Å². The van der Waals surface area contributed by atoms with Crippen molar-refractivity contribution in [2.75, 3.05) is 18.4 Å². The van der Waals surface area contributed by atoms with E-state index in [0.29, 0.717) is 18.7 Å². The minimum atomic E-state index is -3.45. The molecule has 1 aliphatic rings. The second kappa shape index (κ2) is 9.73. The molecule has 0 aliphatic carbocycles. The average Bonchev–Trinajstić information content (AvgIpc) is 3.28. The number of nitrogens with zero attached hydrogens (tertiary/aromatic N) is 2. The van der Waals surface area contributed by atoms with Crippen LogP contribution in [-0.4, -0.2) is 43.3 Å². The first kappa shape index (κ1) is 24.4. The quantitative estimate of drug-likeness (QED) is 0.645. The van der Waals surface area contributed by atoms with Gasteiger partial charge in [0.1, 0.15) is 5.60 Å². The number of hydrogen-bond acceptors (Lipinski definition) is 6. The van der Waals surface area contributed by atoms with Gasteiger partial charge in [0, 0.05) is 18.7 Å². The second-order valence-corrected chi connectivity index (χ2v) is 10.9. The molecule has 0 bridgehead atoms. The summed E-state index contributed by atoms with van der Waals surface area (Å²) in [5.41, 5.74) is 0.512. The zero-order valence-electron chi connectivity index (χ0n) is 18.9. The van der Waals surface area contributed by atoms with E-state index < -0.39 is 27.5 Å². The van der Waals surface area contributed by atoms with Crippen molar-refractivity contribution in [3.05, 3.63) is 64.7 Å². The molecule has 174 valence electrons. The van der Waals surface area contributed by atoms with Gasteiger partial charge in [0.2, 0.25) is 10.0 Å². The summed E-state index contributed by atoms with van der Waals surface area (Å²) in [5.74, 6) is -1.36. The molecule has 33 heavy (non-hydrogen) atoms. The summed E-state index contributed by atoms with van der Waals surface area (Å²) in [4.78, 5) is 25.6. The smallest absolute Gasteiger partial charge is 0.340 e. The van der Waals surface area contributed by atoms with Crippen molar-refractivity contribution >= 4 is 27.6 Å². The highest BCUT2D eigenvalue weighted by atomic mass is 32.2. The van der Waals surface area contributed by atoms with Crippen molar-refractivity contribution in [2.45, 2.75) is 45.0 Å². The zero-order chi connectivity index (χ0) is 24.2. The predicted molar refractivity (Wildman–Crippen MR) is 124 cm³/mol. The minimum absolute atomic E-state index is 0.0603. The van der Waals surface area contributed by atoms with Gasteiger partial charge in [-0.15, -0.1) is 0 Å². The van der Waals surface area contributed by atoms with Crippen LogP contribution in [0, 0.1) is 11.3 Å². The Hall–Kier alpha value is -3.22. The van der Waals surface area contributed by atoms with E-state index in [4.69, 9.17) is 4.74 Å². The van der Waals surface area contributed by atoms with E-state index in [1.165, 1.54) is 28.6 Å². The van der Waals surface area contributed by atoms with Crippen LogP contribution >= 0.6 is 0 Å². The molecule has 0 atom stereocenters. The molecule has 1 fully saturated rings. The molecule has 9 heteroatoms. The van der Waals surface area contributed by atoms with Crippen LogP contribution in [0.3, 0.4) is 0 Å². The van der Waals surface area contributed by atoms with Crippen LogP contribution in [0.15, 0.2) is 42.5 Å². The highest BCUT2D eigenvalue weighted by molar-refractivity contribution is 7.88. The summed E-state index contributed by atoms with van der Waals surface area (Å²) in [6.07, 6.45) is 1.71. The van der Waals surface area contributed by atoms with Crippen molar-refractivity contribution in [1.29, 1.82) is 5.26 Å². The first-order valence-electron chi connectivity index (χ1n) is 10.6. The molecule has 0 saturated carbocycles. The van der Waals surface area contributed by atoms with Gasteiger partial charge in [-0.2, -0.15) is 5.26 Å². The third-order valence-corrected chi connectivity index (χ3v) is 6.86. The number of carbonyl (C=O) groups excluding carboxylic acids is 2. The first-order valence-corrected chi connectivity index (χ1v) is 12.2. The highest BCUT2D eigenvalue weighted by Crippen LogP contribution is 2.23. The maximum absolute atomic E-state index is 12.9. The molecule has 0 radical (unpaired) electrons. The molecule has 2 aromatic rings. The molecule has 8 nitrogen and oxygen atoms in total.